The van der Waals surface area contributed by atoms with Crippen LogP contribution in [0.5, 0.6) is 0 Å². The van der Waals surface area contributed by atoms with Gasteiger partial charge in [-0.3, -0.25) is 10.9 Å². The van der Waals surface area contributed by atoms with E-state index in [1.807, 2.05) is 30.3 Å². The van der Waals surface area contributed by atoms with Crippen molar-refractivity contribution in [3.63, 3.8) is 0 Å². The monoisotopic (exact) mass is 244 g/mol. The Kier molecular flexibility index (Phi) is 2.68. The molecule has 1 aromatic heterocycles. The third kappa shape index (κ3) is 2.04. The lowest BCUT2D eigenvalue weighted by Crippen LogP contribution is -2.08. The summed E-state index contributed by atoms with van der Waals surface area (Å²) >= 11 is 0. The number of aromatic nitrogens is 1. The Balaban J connectivity index is 1.74. The lowest BCUT2D eigenvalue weighted by Gasteiger charge is -2.05. The first-order chi connectivity index (χ1) is 8.88. The van der Waals surface area contributed by atoms with Crippen LogP contribution in [0.2, 0.25) is 0 Å². The minimum atomic E-state index is 0.265. The van der Waals surface area contributed by atoms with Gasteiger partial charge in [0.1, 0.15) is 0 Å². The van der Waals surface area contributed by atoms with E-state index in [4.69, 9.17) is 4.52 Å². The van der Waals surface area contributed by atoms with Crippen molar-refractivity contribution in [2.24, 2.45) is 5.18 Å². The predicted molar refractivity (Wildman–Crippen MR) is 67.6 cm³/mol. The van der Waals surface area contributed by atoms with Crippen LogP contribution < -0.4 is 10.9 Å². The highest BCUT2D eigenvalue weighted by atomic mass is 16.5. The van der Waals surface area contributed by atoms with E-state index in [0.29, 0.717) is 17.5 Å². The molecule has 6 heteroatoms. The Labute approximate surface area is 103 Å². The fourth-order valence-electron chi connectivity index (χ4n) is 1.73. The van der Waals surface area contributed by atoms with Crippen LogP contribution in [0.25, 0.3) is 0 Å². The molecule has 2 aromatic rings. The van der Waals surface area contributed by atoms with Gasteiger partial charge in [0.25, 0.3) is 0 Å². The molecule has 1 aliphatic rings. The molecule has 0 unspecified atom stereocenters. The van der Waals surface area contributed by atoms with Gasteiger partial charge in [-0.05, 0) is 30.2 Å². The summed E-state index contributed by atoms with van der Waals surface area (Å²) in [4.78, 5) is 10.8. The zero-order valence-electron chi connectivity index (χ0n) is 9.59. The Morgan fingerprint density at radius 2 is 2.00 bits per heavy atom. The maximum absolute atomic E-state index is 10.8. The zero-order valence-corrected chi connectivity index (χ0v) is 9.59. The number of para-hydroxylation sites is 1. The summed E-state index contributed by atoms with van der Waals surface area (Å²) in [6.45, 7) is 0. The fourth-order valence-corrected chi connectivity index (χ4v) is 1.73. The average Bonchev–Trinajstić information content (AvgIpc) is 3.18. The summed E-state index contributed by atoms with van der Waals surface area (Å²) in [5.41, 5.74) is 6.90. The summed E-state index contributed by atoms with van der Waals surface area (Å²) in [5.74, 6) is 1.22. The van der Waals surface area contributed by atoms with Gasteiger partial charge in [0.05, 0.1) is 5.69 Å². The molecule has 6 nitrogen and oxygen atoms in total. The highest BCUT2D eigenvalue weighted by molar-refractivity contribution is 5.65. The lowest BCUT2D eigenvalue weighted by molar-refractivity contribution is 0.387. The Morgan fingerprint density at radius 1 is 1.22 bits per heavy atom. The molecular formula is C12H12N4O2. The molecule has 0 spiro atoms. The van der Waals surface area contributed by atoms with Crippen molar-refractivity contribution in [3.05, 3.63) is 41.0 Å². The molecule has 92 valence electrons. The number of nitrogens with zero attached hydrogens (tertiary/aromatic N) is 2. The van der Waals surface area contributed by atoms with Crippen molar-refractivity contribution in [3.8, 4) is 0 Å². The number of hydrogen-bond acceptors (Lipinski definition) is 6. The van der Waals surface area contributed by atoms with Gasteiger partial charge in [0, 0.05) is 5.92 Å². The second kappa shape index (κ2) is 4.48. The first-order valence-corrected chi connectivity index (χ1v) is 5.78. The first kappa shape index (κ1) is 10.8. The molecule has 1 heterocycles. The minimum Gasteiger partial charge on any atom is -0.356 e. The molecule has 0 bridgehead atoms. The largest absolute Gasteiger partial charge is 0.356 e. The van der Waals surface area contributed by atoms with Crippen molar-refractivity contribution >= 4 is 17.2 Å². The summed E-state index contributed by atoms with van der Waals surface area (Å²) < 4.78 is 5.15. The molecule has 18 heavy (non-hydrogen) atoms. The number of hydrazine groups is 1. The first-order valence-electron chi connectivity index (χ1n) is 5.78. The molecule has 2 N–H and O–H groups in total. The number of hydrogen-bond donors (Lipinski definition) is 2. The van der Waals surface area contributed by atoms with Crippen molar-refractivity contribution in [1.82, 2.24) is 5.16 Å². The van der Waals surface area contributed by atoms with E-state index in [2.05, 4.69) is 21.2 Å². The summed E-state index contributed by atoms with van der Waals surface area (Å²) in [6.07, 6.45) is 2.06. The van der Waals surface area contributed by atoms with Crippen LogP contribution in [-0.4, -0.2) is 5.16 Å². The van der Waals surface area contributed by atoms with Crippen LogP contribution in [0.4, 0.5) is 17.2 Å². The van der Waals surface area contributed by atoms with Gasteiger partial charge in [-0.1, -0.05) is 23.4 Å². The topological polar surface area (TPSA) is 79.5 Å². The Hall–Kier alpha value is -2.37. The third-order valence-electron chi connectivity index (χ3n) is 2.83. The van der Waals surface area contributed by atoms with Crippen molar-refractivity contribution in [1.29, 1.82) is 0 Å². The van der Waals surface area contributed by atoms with Crippen LogP contribution in [0, 0.1) is 4.91 Å². The number of benzene rings is 1. The molecule has 0 aliphatic heterocycles. The van der Waals surface area contributed by atoms with E-state index in [-0.39, 0.29) is 5.69 Å². The third-order valence-corrected chi connectivity index (χ3v) is 2.83. The number of rotatable bonds is 5. The van der Waals surface area contributed by atoms with Gasteiger partial charge < -0.3 is 4.52 Å². The van der Waals surface area contributed by atoms with Gasteiger partial charge in [-0.15, -0.1) is 4.91 Å². The van der Waals surface area contributed by atoms with Crippen molar-refractivity contribution in [2.75, 3.05) is 10.9 Å². The van der Waals surface area contributed by atoms with Crippen LogP contribution in [0.3, 0.4) is 0 Å². The molecule has 0 amide bonds. The average molecular weight is 244 g/mol. The molecular weight excluding hydrogens is 232 g/mol. The normalized spacial score (nSPS) is 14.2. The van der Waals surface area contributed by atoms with E-state index < -0.39 is 0 Å². The van der Waals surface area contributed by atoms with Crippen molar-refractivity contribution < 1.29 is 4.52 Å². The standard InChI is InChI=1S/C12H12N4O2/c17-15-10-11(8-6-7-8)18-16-12(10)14-13-9-4-2-1-3-5-9/h1-5,8,13H,6-7H2,(H,14,16). The zero-order chi connectivity index (χ0) is 12.4. The van der Waals surface area contributed by atoms with E-state index in [9.17, 15) is 4.91 Å². The fraction of sp³-hybridized carbons (Fsp3) is 0.250. The second-order valence-electron chi connectivity index (χ2n) is 4.23. The quantitative estimate of drug-likeness (QED) is 0.622. The molecule has 1 fully saturated rings. The van der Waals surface area contributed by atoms with Gasteiger partial charge in [0.15, 0.2) is 11.4 Å². The number of anilines is 2. The SMILES string of the molecule is O=Nc1c(NNc2ccccc2)noc1C1CC1. The summed E-state index contributed by atoms with van der Waals surface area (Å²) in [5, 5.41) is 6.82. The van der Waals surface area contributed by atoms with E-state index >= 15 is 0 Å². The highest BCUT2D eigenvalue weighted by Crippen LogP contribution is 2.46. The Morgan fingerprint density at radius 3 is 2.67 bits per heavy atom. The maximum Gasteiger partial charge on any atom is 0.217 e. The summed E-state index contributed by atoms with van der Waals surface area (Å²) in [6, 6.07) is 9.51. The van der Waals surface area contributed by atoms with Crippen molar-refractivity contribution in [2.45, 2.75) is 18.8 Å². The van der Waals surface area contributed by atoms with Crippen LogP contribution in [0.15, 0.2) is 40.0 Å². The molecule has 3 rings (SSSR count). The van der Waals surface area contributed by atoms with Gasteiger partial charge in [-0.2, -0.15) is 0 Å². The molecule has 1 aliphatic carbocycles. The summed E-state index contributed by atoms with van der Waals surface area (Å²) in [7, 11) is 0. The maximum atomic E-state index is 10.8. The molecule has 1 saturated carbocycles. The highest BCUT2D eigenvalue weighted by Gasteiger charge is 2.33. The molecule has 1 aromatic carbocycles. The molecule has 0 atom stereocenters. The predicted octanol–water partition coefficient (Wildman–Crippen LogP) is 3.39. The van der Waals surface area contributed by atoms with Crippen LogP contribution in [0.1, 0.15) is 24.5 Å². The minimum absolute atomic E-state index is 0.265. The van der Waals surface area contributed by atoms with E-state index in [0.717, 1.165) is 18.5 Å². The Bertz CT molecular complexity index is 548. The van der Waals surface area contributed by atoms with Gasteiger partial charge in [0.2, 0.25) is 5.82 Å². The van der Waals surface area contributed by atoms with E-state index in [1.54, 1.807) is 0 Å². The lowest BCUT2D eigenvalue weighted by atomic mass is 10.3. The van der Waals surface area contributed by atoms with Gasteiger partial charge in [-0.25, -0.2) is 0 Å². The van der Waals surface area contributed by atoms with Crippen LogP contribution in [-0.2, 0) is 0 Å². The van der Waals surface area contributed by atoms with E-state index in [1.165, 1.54) is 0 Å². The number of nitrogens with one attached hydrogen (secondary N) is 2. The molecule has 0 radical (unpaired) electrons. The smallest absolute Gasteiger partial charge is 0.217 e. The van der Waals surface area contributed by atoms with Gasteiger partial charge >= 0.3 is 0 Å². The van der Waals surface area contributed by atoms with Crippen LogP contribution >= 0.6 is 0 Å². The number of nitroso groups, excluding NO2 is 1. The second-order valence-corrected chi connectivity index (χ2v) is 4.23. The molecule has 0 saturated heterocycles.